The summed E-state index contributed by atoms with van der Waals surface area (Å²) in [5, 5.41) is 3.63. The molecule has 1 aliphatic rings. The minimum Gasteiger partial charge on any atom is -0.494 e. The van der Waals surface area contributed by atoms with E-state index in [1.165, 1.54) is 0 Å². The molecule has 0 aliphatic carbocycles. The van der Waals surface area contributed by atoms with Crippen molar-refractivity contribution in [3.05, 3.63) is 47.2 Å². The van der Waals surface area contributed by atoms with Gasteiger partial charge in [0.05, 0.1) is 31.8 Å². The van der Waals surface area contributed by atoms with Gasteiger partial charge in [0.2, 0.25) is 5.91 Å². The lowest BCUT2D eigenvalue weighted by molar-refractivity contribution is -0.117. The molecule has 3 aromatic rings. The molecule has 0 saturated carbocycles. The van der Waals surface area contributed by atoms with Crippen LogP contribution in [0.3, 0.4) is 0 Å². The highest BCUT2D eigenvalue weighted by molar-refractivity contribution is 6.31. The van der Waals surface area contributed by atoms with Gasteiger partial charge in [-0.1, -0.05) is 17.7 Å². The first kappa shape index (κ1) is 20.5. The van der Waals surface area contributed by atoms with Crippen LogP contribution in [0.15, 0.2) is 36.4 Å². The van der Waals surface area contributed by atoms with Crippen molar-refractivity contribution >= 4 is 34.2 Å². The fourth-order valence-corrected chi connectivity index (χ4v) is 4.09. The topological polar surface area (TPSA) is 79.5 Å². The normalized spacial score (nSPS) is 15.3. The number of carbonyl (C=O) groups excluding carboxylic acids is 1. The number of anilines is 1. The van der Waals surface area contributed by atoms with E-state index in [4.69, 9.17) is 26.1 Å². The molecule has 0 bridgehead atoms. The van der Waals surface area contributed by atoms with E-state index < -0.39 is 0 Å². The quantitative estimate of drug-likeness (QED) is 0.619. The minimum absolute atomic E-state index is 0.0883. The van der Waals surface area contributed by atoms with Gasteiger partial charge >= 0.3 is 0 Å². The van der Waals surface area contributed by atoms with E-state index in [1.807, 2.05) is 24.3 Å². The van der Waals surface area contributed by atoms with Crippen LogP contribution in [0.25, 0.3) is 11.0 Å². The highest BCUT2D eigenvalue weighted by Crippen LogP contribution is 2.34. The van der Waals surface area contributed by atoms with Crippen LogP contribution >= 0.6 is 11.6 Å². The first-order chi connectivity index (χ1) is 14.6. The number of benzene rings is 2. The van der Waals surface area contributed by atoms with Crippen LogP contribution in [0.2, 0.25) is 5.02 Å². The van der Waals surface area contributed by atoms with E-state index in [0.717, 1.165) is 42.8 Å². The van der Waals surface area contributed by atoms with Gasteiger partial charge in [-0.25, -0.2) is 4.98 Å². The Balaban J connectivity index is 1.35. The van der Waals surface area contributed by atoms with Gasteiger partial charge in [-0.3, -0.25) is 9.69 Å². The van der Waals surface area contributed by atoms with Crippen LogP contribution in [0.4, 0.5) is 5.69 Å². The number of nitrogens with zero attached hydrogens (tertiary/aromatic N) is 2. The summed E-state index contributed by atoms with van der Waals surface area (Å²) in [5.41, 5.74) is 2.45. The van der Waals surface area contributed by atoms with Gasteiger partial charge < -0.3 is 19.8 Å². The number of methoxy groups -OCH3 is 2. The third kappa shape index (κ3) is 4.37. The number of amides is 1. The maximum atomic E-state index is 12.6. The first-order valence-corrected chi connectivity index (χ1v) is 10.3. The van der Waals surface area contributed by atoms with Crippen LogP contribution in [0.5, 0.6) is 11.5 Å². The van der Waals surface area contributed by atoms with Gasteiger partial charge in [0.25, 0.3) is 0 Å². The number of imidazole rings is 1. The van der Waals surface area contributed by atoms with E-state index in [-0.39, 0.29) is 5.91 Å². The largest absolute Gasteiger partial charge is 0.494 e. The van der Waals surface area contributed by atoms with Crippen molar-refractivity contribution < 1.29 is 14.3 Å². The Morgan fingerprint density at radius 2 is 1.90 bits per heavy atom. The molecule has 1 aliphatic heterocycles. The molecular weight excluding hydrogens is 404 g/mol. The number of H-pyrrole nitrogens is 1. The summed E-state index contributed by atoms with van der Waals surface area (Å²) in [6.07, 6.45) is 1.89. The summed E-state index contributed by atoms with van der Waals surface area (Å²) in [6, 6.07) is 11.1. The smallest absolute Gasteiger partial charge is 0.238 e. The number of fused-ring (bicyclic) bond motifs is 1. The van der Waals surface area contributed by atoms with Crippen molar-refractivity contribution in [3.8, 4) is 11.5 Å². The standard InChI is InChI=1S/C22H25ClN4O3/c1-29-18-4-3-5-19(30-2)21(18)26-20(28)13-27-10-8-14(9-11-27)22-24-16-7-6-15(23)12-17(16)25-22/h3-7,12,14H,8-11,13H2,1-2H3,(H,24,25)(H,26,28). The Labute approximate surface area is 180 Å². The highest BCUT2D eigenvalue weighted by Gasteiger charge is 2.25. The van der Waals surface area contributed by atoms with Crippen molar-refractivity contribution in [1.82, 2.24) is 14.9 Å². The number of piperidine rings is 1. The molecule has 158 valence electrons. The Hall–Kier alpha value is -2.77. The number of likely N-dealkylation sites (tertiary alicyclic amines) is 1. The van der Waals surface area contributed by atoms with Crippen molar-refractivity contribution in [2.24, 2.45) is 0 Å². The van der Waals surface area contributed by atoms with Crippen molar-refractivity contribution in [3.63, 3.8) is 0 Å². The van der Waals surface area contributed by atoms with Crippen molar-refractivity contribution in [2.45, 2.75) is 18.8 Å². The Morgan fingerprint density at radius 3 is 2.57 bits per heavy atom. The molecule has 1 aromatic heterocycles. The molecular formula is C22H25ClN4O3. The molecule has 0 spiro atoms. The second kappa shape index (κ2) is 8.93. The molecule has 4 rings (SSSR count). The number of carbonyl (C=O) groups is 1. The van der Waals surface area contributed by atoms with E-state index >= 15 is 0 Å². The lowest BCUT2D eigenvalue weighted by Crippen LogP contribution is -2.39. The fraction of sp³-hybridized carbons (Fsp3) is 0.364. The Morgan fingerprint density at radius 1 is 1.20 bits per heavy atom. The number of hydrogen-bond donors (Lipinski definition) is 2. The number of hydrogen-bond acceptors (Lipinski definition) is 5. The van der Waals surface area contributed by atoms with Gasteiger partial charge in [-0.15, -0.1) is 0 Å². The van der Waals surface area contributed by atoms with Crippen LogP contribution in [0, 0.1) is 0 Å². The van der Waals surface area contributed by atoms with E-state index in [2.05, 4.69) is 15.2 Å². The lowest BCUT2D eigenvalue weighted by atomic mass is 9.96. The second-order valence-electron chi connectivity index (χ2n) is 7.42. The lowest BCUT2D eigenvalue weighted by Gasteiger charge is -2.30. The SMILES string of the molecule is COc1cccc(OC)c1NC(=O)CN1CCC(c2nc3ccc(Cl)cc3[nH]2)CC1. The molecule has 2 aromatic carbocycles. The summed E-state index contributed by atoms with van der Waals surface area (Å²) in [7, 11) is 3.14. The fourth-order valence-electron chi connectivity index (χ4n) is 3.92. The van der Waals surface area contributed by atoms with E-state index in [0.29, 0.717) is 34.7 Å². The molecule has 1 amide bonds. The maximum Gasteiger partial charge on any atom is 0.238 e. The van der Waals surface area contributed by atoms with E-state index in [9.17, 15) is 4.79 Å². The number of aromatic nitrogens is 2. The second-order valence-corrected chi connectivity index (χ2v) is 7.86. The predicted octanol–water partition coefficient (Wildman–Crippen LogP) is 4.05. The number of nitrogens with one attached hydrogen (secondary N) is 2. The summed E-state index contributed by atoms with van der Waals surface area (Å²) in [5.74, 6) is 2.41. The van der Waals surface area contributed by atoms with Crippen LogP contribution in [-0.2, 0) is 4.79 Å². The van der Waals surface area contributed by atoms with Gasteiger partial charge in [-0.05, 0) is 56.3 Å². The summed E-state index contributed by atoms with van der Waals surface area (Å²) < 4.78 is 10.7. The van der Waals surface area contributed by atoms with Gasteiger partial charge in [0, 0.05) is 10.9 Å². The monoisotopic (exact) mass is 428 g/mol. The van der Waals surface area contributed by atoms with Gasteiger partial charge in [0.1, 0.15) is 23.0 Å². The molecule has 0 radical (unpaired) electrons. The number of rotatable bonds is 6. The summed E-state index contributed by atoms with van der Waals surface area (Å²) in [6.45, 7) is 1.99. The summed E-state index contributed by atoms with van der Waals surface area (Å²) >= 11 is 6.07. The van der Waals surface area contributed by atoms with Gasteiger partial charge in [0.15, 0.2) is 0 Å². The minimum atomic E-state index is -0.0883. The summed E-state index contributed by atoms with van der Waals surface area (Å²) in [4.78, 5) is 22.9. The number of ether oxygens (including phenoxy) is 2. The molecule has 30 heavy (non-hydrogen) atoms. The zero-order valence-corrected chi connectivity index (χ0v) is 17.8. The highest BCUT2D eigenvalue weighted by atomic mass is 35.5. The molecule has 8 heteroatoms. The maximum absolute atomic E-state index is 12.6. The van der Waals surface area contributed by atoms with Gasteiger partial charge in [-0.2, -0.15) is 0 Å². The third-order valence-electron chi connectivity index (χ3n) is 5.50. The Kier molecular flexibility index (Phi) is 6.11. The average Bonchev–Trinajstić information content (AvgIpc) is 3.17. The molecule has 2 heterocycles. The van der Waals surface area contributed by atoms with Crippen molar-refractivity contribution in [1.29, 1.82) is 0 Å². The molecule has 0 unspecified atom stereocenters. The van der Waals surface area contributed by atoms with Crippen molar-refractivity contribution in [2.75, 3.05) is 39.2 Å². The average molecular weight is 429 g/mol. The number of halogens is 1. The number of para-hydroxylation sites is 1. The molecule has 1 saturated heterocycles. The first-order valence-electron chi connectivity index (χ1n) is 9.95. The third-order valence-corrected chi connectivity index (χ3v) is 5.73. The Bertz CT molecular complexity index is 1020. The zero-order chi connectivity index (χ0) is 21.1. The van der Waals surface area contributed by atoms with Crippen LogP contribution in [-0.4, -0.2) is 54.6 Å². The zero-order valence-electron chi connectivity index (χ0n) is 17.1. The molecule has 1 fully saturated rings. The number of aromatic amines is 1. The molecule has 7 nitrogen and oxygen atoms in total. The predicted molar refractivity (Wildman–Crippen MR) is 118 cm³/mol. The van der Waals surface area contributed by atoms with E-state index in [1.54, 1.807) is 26.4 Å². The molecule has 0 atom stereocenters. The molecule has 2 N–H and O–H groups in total. The van der Waals surface area contributed by atoms with Crippen LogP contribution < -0.4 is 14.8 Å². The van der Waals surface area contributed by atoms with Crippen LogP contribution in [0.1, 0.15) is 24.6 Å².